The van der Waals surface area contributed by atoms with Crippen molar-refractivity contribution in [3.05, 3.63) is 189 Å². The first kappa shape index (κ1) is 64.5. The van der Waals surface area contributed by atoms with Gasteiger partial charge in [-0.2, -0.15) is 0 Å². The second-order valence-electron chi connectivity index (χ2n) is 27.2. The van der Waals surface area contributed by atoms with E-state index in [9.17, 15) is 19.2 Å². The Balaban J connectivity index is 1.37. The van der Waals surface area contributed by atoms with Crippen LogP contribution in [0.25, 0.3) is 0 Å². The number of anilines is 8. The molecule has 0 radical (unpaired) electrons. The number of nitrogens with one attached hydrogen (secondary N) is 8. The van der Waals surface area contributed by atoms with Crippen LogP contribution in [0.15, 0.2) is 133 Å². The van der Waals surface area contributed by atoms with Crippen LogP contribution < -0.4 is 61.5 Å². The summed E-state index contributed by atoms with van der Waals surface area (Å²) in [4.78, 5) is 58.0. The fourth-order valence-corrected chi connectivity index (χ4v) is 10.6. The van der Waals surface area contributed by atoms with Gasteiger partial charge >= 0.3 is 24.1 Å². The normalized spacial score (nSPS) is 12.2. The lowest BCUT2D eigenvalue weighted by atomic mass is 9.78. The largest absolute Gasteiger partial charge is 0.454 e. The number of carbonyl (C=O) groups is 4. The van der Waals surface area contributed by atoms with Gasteiger partial charge in [-0.05, 0) is 134 Å². The number of amides is 8. The van der Waals surface area contributed by atoms with E-state index in [-0.39, 0.29) is 45.7 Å². The molecule has 8 aromatic rings. The number of hydrogen-bond donors (Lipinski definition) is 8. The second-order valence-corrected chi connectivity index (χ2v) is 27.2. The van der Waals surface area contributed by atoms with Crippen molar-refractivity contribution in [3.63, 3.8) is 0 Å². The van der Waals surface area contributed by atoms with Crippen LogP contribution in [0.1, 0.15) is 139 Å². The molecule has 16 nitrogen and oxygen atoms in total. The van der Waals surface area contributed by atoms with E-state index < -0.39 is 45.8 Å². The summed E-state index contributed by atoms with van der Waals surface area (Å²) < 4.78 is 29.6. The second kappa shape index (κ2) is 25.3. The zero-order valence-electron chi connectivity index (χ0n) is 55.0. The summed E-state index contributed by atoms with van der Waals surface area (Å²) in [5, 5.41) is 24.3. The van der Waals surface area contributed by atoms with Crippen molar-refractivity contribution in [1.29, 1.82) is 0 Å². The Kier molecular flexibility index (Phi) is 18.1. The first-order valence-electron chi connectivity index (χ1n) is 30.2. The Hall–Kier alpha value is -9.96. The van der Waals surface area contributed by atoms with Gasteiger partial charge in [-0.1, -0.05) is 156 Å². The lowest BCUT2D eigenvalue weighted by molar-refractivity contribution is 0.261. The summed E-state index contributed by atoms with van der Waals surface area (Å²) >= 11 is 0. The van der Waals surface area contributed by atoms with E-state index >= 15 is 0 Å². The number of para-hydroxylation sites is 4. The Bertz CT molecular complexity index is 3610. The standard InChI is InChI=1S/C74H84N8O8/c1-41-27-19-23-31-51(41)75-67(83)79-55-37-56(80-68(84)76-52-32-24-20-28-42(52)2)60-39-59(55)87-63-45(5)64(48(72(10,11)12)35-47(63)71(7,8)9)89-61-40-62(90-66-46(6)65(88-60)49(73(13,14)15)36-50(66)74(16,17)18)58(82-70(86)78-54-34-26-22-30-44(54)4)38-57(61)81-69(85)77-53-33-25-21-29-43(53)3/h19-40H,1-18H3,(H2,75,79,83)(H2,76,80,84)(H2,77,81,85)(H2,78,82,86). The summed E-state index contributed by atoms with van der Waals surface area (Å²) in [6, 6.07) is 38.1. The topological polar surface area (TPSA) is 201 Å². The third kappa shape index (κ3) is 14.6. The molecule has 468 valence electrons. The van der Waals surface area contributed by atoms with Crippen LogP contribution in [-0.4, -0.2) is 24.1 Å². The average molecular weight is 1210 g/mol. The van der Waals surface area contributed by atoms with Gasteiger partial charge in [0.25, 0.3) is 0 Å². The molecule has 1 heterocycles. The summed E-state index contributed by atoms with van der Waals surface area (Å²) in [6.45, 7) is 36.5. The van der Waals surface area contributed by atoms with E-state index in [0.717, 1.165) is 44.5 Å². The average Bonchev–Trinajstić information content (AvgIpc) is 0.869. The van der Waals surface area contributed by atoms with Crippen molar-refractivity contribution in [1.82, 2.24) is 0 Å². The van der Waals surface area contributed by atoms with Crippen molar-refractivity contribution in [2.75, 3.05) is 42.5 Å². The first-order chi connectivity index (χ1) is 42.2. The summed E-state index contributed by atoms with van der Waals surface area (Å²) in [5.41, 5.74) is 8.35. The molecule has 0 spiro atoms. The van der Waals surface area contributed by atoms with Gasteiger partial charge in [0, 0.05) is 68.3 Å². The molecule has 0 unspecified atom stereocenters. The van der Waals surface area contributed by atoms with Crippen molar-refractivity contribution in [3.8, 4) is 46.0 Å². The number of benzene rings is 8. The van der Waals surface area contributed by atoms with Crippen molar-refractivity contribution >= 4 is 69.6 Å². The molecule has 1 aliphatic rings. The predicted octanol–water partition coefficient (Wildman–Crippen LogP) is 20.8. The molecule has 1 aliphatic heterocycles. The number of fused-ring (bicyclic) bond motifs is 8. The molecule has 8 bridgehead atoms. The predicted molar refractivity (Wildman–Crippen MR) is 366 cm³/mol. The van der Waals surface area contributed by atoms with Crippen LogP contribution in [0.2, 0.25) is 0 Å². The van der Waals surface area contributed by atoms with Crippen molar-refractivity contribution in [2.24, 2.45) is 0 Å². The molecule has 9 rings (SSSR count). The van der Waals surface area contributed by atoms with Crippen LogP contribution in [0.5, 0.6) is 46.0 Å². The number of rotatable bonds is 8. The third-order valence-corrected chi connectivity index (χ3v) is 15.7. The lowest BCUT2D eigenvalue weighted by Gasteiger charge is -2.33. The minimum absolute atomic E-state index is 0.152. The summed E-state index contributed by atoms with van der Waals surface area (Å²) in [5.74, 6) is 2.17. The fourth-order valence-electron chi connectivity index (χ4n) is 10.6. The number of hydrogen-bond acceptors (Lipinski definition) is 8. The Labute approximate surface area is 529 Å². The molecule has 8 amide bonds. The number of carbonyl (C=O) groups excluding carboxylic acids is 4. The number of urea groups is 4. The molecule has 16 heteroatoms. The van der Waals surface area contributed by atoms with Gasteiger partial charge in [0.2, 0.25) is 0 Å². The van der Waals surface area contributed by atoms with Crippen molar-refractivity contribution in [2.45, 2.75) is 146 Å². The highest BCUT2D eigenvalue weighted by Gasteiger charge is 2.35. The molecule has 8 N–H and O–H groups in total. The van der Waals surface area contributed by atoms with Gasteiger partial charge in [-0.15, -0.1) is 0 Å². The SMILES string of the molecule is Cc1ccccc1NC(=O)Nc1cc(NC(=O)Nc2ccccc2C)c2cc1Oc1c(C(C)(C)C)cc(C(C)(C)C)c(c1C)Oc1cc(c(NC(=O)Nc3ccccc3C)cc1NC(=O)Nc1ccccc1C)Oc1c(C(C)(C)C)cc(C(C)(C)C)c(c1C)O2. The quantitative estimate of drug-likeness (QED) is 0.0734. The minimum atomic E-state index is -0.585. The lowest BCUT2D eigenvalue weighted by Crippen LogP contribution is -2.23. The summed E-state index contributed by atoms with van der Waals surface area (Å²) in [7, 11) is 0. The van der Waals surface area contributed by atoms with Crippen molar-refractivity contribution < 1.29 is 38.1 Å². The van der Waals surface area contributed by atoms with E-state index in [4.69, 9.17) is 18.9 Å². The minimum Gasteiger partial charge on any atom is -0.454 e. The van der Waals surface area contributed by atoms with E-state index in [1.807, 2.05) is 139 Å². The van der Waals surface area contributed by atoms with Gasteiger partial charge in [0.15, 0.2) is 23.0 Å². The van der Waals surface area contributed by atoms with Gasteiger partial charge in [-0.25, -0.2) is 19.2 Å². The number of aryl methyl sites for hydroxylation is 4. The summed E-state index contributed by atoms with van der Waals surface area (Å²) in [6.07, 6.45) is 0. The van der Waals surface area contributed by atoms with E-state index in [1.54, 1.807) is 24.3 Å². The number of ether oxygens (including phenoxy) is 4. The highest BCUT2D eigenvalue weighted by atomic mass is 16.5. The van der Waals surface area contributed by atoms with E-state index in [0.29, 0.717) is 56.9 Å². The zero-order chi connectivity index (χ0) is 65.4. The monoisotopic (exact) mass is 1210 g/mol. The first-order valence-corrected chi connectivity index (χ1v) is 30.2. The van der Waals surface area contributed by atoms with Crippen LogP contribution in [0, 0.1) is 41.5 Å². The molecular formula is C74H84N8O8. The highest BCUT2D eigenvalue weighted by molar-refractivity contribution is 6.06. The maximum atomic E-state index is 14.5. The molecule has 90 heavy (non-hydrogen) atoms. The van der Waals surface area contributed by atoms with Gasteiger partial charge in [-0.3, -0.25) is 0 Å². The Morgan fingerprint density at radius 3 is 0.644 bits per heavy atom. The molecule has 0 fully saturated rings. The van der Waals surface area contributed by atoms with Gasteiger partial charge in [0.1, 0.15) is 23.0 Å². The molecular weight excluding hydrogens is 1130 g/mol. The molecule has 8 aromatic carbocycles. The van der Waals surface area contributed by atoms with E-state index in [2.05, 4.69) is 138 Å². The molecule has 0 aliphatic carbocycles. The zero-order valence-corrected chi connectivity index (χ0v) is 55.0. The van der Waals surface area contributed by atoms with Gasteiger partial charge in [0.05, 0.1) is 22.7 Å². The molecule has 0 atom stereocenters. The van der Waals surface area contributed by atoms with Crippen LogP contribution in [-0.2, 0) is 21.7 Å². The molecule has 0 aromatic heterocycles. The van der Waals surface area contributed by atoms with Gasteiger partial charge < -0.3 is 61.5 Å². The maximum absolute atomic E-state index is 14.5. The highest BCUT2D eigenvalue weighted by Crippen LogP contribution is 2.54. The fraction of sp³-hybridized carbons (Fsp3) is 0.297. The Morgan fingerprint density at radius 2 is 0.456 bits per heavy atom. The van der Waals surface area contributed by atoms with E-state index in [1.165, 1.54) is 0 Å². The Morgan fingerprint density at radius 1 is 0.267 bits per heavy atom. The van der Waals surface area contributed by atoms with Crippen LogP contribution in [0.4, 0.5) is 64.7 Å². The van der Waals surface area contributed by atoms with Crippen LogP contribution >= 0.6 is 0 Å². The third-order valence-electron chi connectivity index (χ3n) is 15.7. The maximum Gasteiger partial charge on any atom is 0.323 e. The smallest absolute Gasteiger partial charge is 0.323 e. The van der Waals surface area contributed by atoms with Crippen LogP contribution in [0.3, 0.4) is 0 Å². The molecule has 0 saturated carbocycles. The molecule has 0 saturated heterocycles.